The number of aliphatic hydroxyl groups is 1. The van der Waals surface area contributed by atoms with Crippen LogP contribution in [0.5, 0.6) is 5.75 Å². The number of ether oxygens (including phenoxy) is 1. The maximum atomic E-state index is 13.1. The number of thiazole rings is 1. The molecule has 32 heavy (non-hydrogen) atoms. The second-order valence-corrected chi connectivity index (χ2v) is 8.30. The first kappa shape index (κ1) is 21.6. The minimum atomic E-state index is -0.798. The number of hydrogen-bond acceptors (Lipinski definition) is 7. The van der Waals surface area contributed by atoms with E-state index < -0.39 is 17.7 Å². The topological polar surface area (TPSA) is 83.0 Å². The van der Waals surface area contributed by atoms with Gasteiger partial charge in [0.25, 0.3) is 5.78 Å². The van der Waals surface area contributed by atoms with E-state index >= 15 is 0 Å². The molecule has 1 atom stereocenters. The van der Waals surface area contributed by atoms with Gasteiger partial charge in [0, 0.05) is 36.9 Å². The number of benzene rings is 2. The molecule has 1 aliphatic rings. The molecule has 0 saturated carbocycles. The van der Waals surface area contributed by atoms with E-state index in [4.69, 9.17) is 4.74 Å². The molecule has 3 aromatic rings. The summed E-state index contributed by atoms with van der Waals surface area (Å²) in [6.07, 6.45) is 1.58. The average molecular weight is 450 g/mol. The van der Waals surface area contributed by atoms with Crippen LogP contribution in [0.2, 0.25) is 0 Å². The molecule has 1 fully saturated rings. The second-order valence-electron chi connectivity index (χ2n) is 7.43. The summed E-state index contributed by atoms with van der Waals surface area (Å²) in [5, 5.41) is 13.3. The molecule has 1 unspecified atom stereocenters. The first-order chi connectivity index (χ1) is 15.4. The molecule has 1 amide bonds. The predicted octanol–water partition coefficient (Wildman–Crippen LogP) is 4.23. The predicted molar refractivity (Wildman–Crippen MR) is 125 cm³/mol. The van der Waals surface area contributed by atoms with E-state index in [9.17, 15) is 14.7 Å². The molecule has 4 rings (SSSR count). The number of amides is 1. The summed E-state index contributed by atoms with van der Waals surface area (Å²) in [6.45, 7) is 2.33. The highest BCUT2D eigenvalue weighted by Crippen LogP contribution is 2.43. The highest BCUT2D eigenvalue weighted by Gasteiger charge is 2.48. The fraction of sp³-hybridized carbons (Fsp3) is 0.208. The molecule has 0 radical (unpaired) electrons. The lowest BCUT2D eigenvalue weighted by Crippen LogP contribution is -2.29. The Balaban J connectivity index is 1.89. The summed E-state index contributed by atoms with van der Waals surface area (Å²) in [7, 11) is 3.87. The maximum Gasteiger partial charge on any atom is 0.301 e. The minimum Gasteiger partial charge on any atom is -0.507 e. The molecule has 1 saturated heterocycles. The second kappa shape index (κ2) is 8.84. The molecule has 1 aliphatic heterocycles. The van der Waals surface area contributed by atoms with E-state index in [0.29, 0.717) is 28.6 Å². The lowest BCUT2D eigenvalue weighted by molar-refractivity contribution is -0.132. The van der Waals surface area contributed by atoms with Gasteiger partial charge in [-0.25, -0.2) is 4.98 Å². The van der Waals surface area contributed by atoms with Crippen molar-refractivity contribution in [3.63, 3.8) is 0 Å². The van der Waals surface area contributed by atoms with Crippen LogP contribution in [0.15, 0.2) is 65.7 Å². The first-order valence-electron chi connectivity index (χ1n) is 10.1. The zero-order valence-electron chi connectivity index (χ0n) is 18.0. The molecule has 0 bridgehead atoms. The van der Waals surface area contributed by atoms with E-state index in [1.807, 2.05) is 50.2 Å². The van der Waals surface area contributed by atoms with Gasteiger partial charge in [0.1, 0.15) is 11.5 Å². The van der Waals surface area contributed by atoms with Crippen molar-refractivity contribution < 1.29 is 19.4 Å². The third-order valence-electron chi connectivity index (χ3n) is 5.21. The number of ketones is 1. The van der Waals surface area contributed by atoms with Crippen molar-refractivity contribution in [3.8, 4) is 5.75 Å². The van der Waals surface area contributed by atoms with Crippen LogP contribution in [0.4, 0.5) is 10.8 Å². The Bertz CT molecular complexity index is 1170. The van der Waals surface area contributed by atoms with Gasteiger partial charge in [-0.15, -0.1) is 11.3 Å². The van der Waals surface area contributed by atoms with E-state index in [-0.39, 0.29) is 11.3 Å². The van der Waals surface area contributed by atoms with Crippen LogP contribution in [0, 0.1) is 0 Å². The van der Waals surface area contributed by atoms with Crippen molar-refractivity contribution in [3.05, 3.63) is 76.8 Å². The number of rotatable bonds is 6. The monoisotopic (exact) mass is 449 g/mol. The lowest BCUT2D eigenvalue weighted by atomic mass is 9.95. The van der Waals surface area contributed by atoms with Crippen LogP contribution in [0.3, 0.4) is 0 Å². The Morgan fingerprint density at radius 2 is 1.94 bits per heavy atom. The number of carbonyl (C=O) groups is 2. The van der Waals surface area contributed by atoms with Gasteiger partial charge in [0.2, 0.25) is 0 Å². The largest absolute Gasteiger partial charge is 0.507 e. The van der Waals surface area contributed by atoms with Crippen LogP contribution in [-0.2, 0) is 9.59 Å². The quantitative estimate of drug-likeness (QED) is 0.344. The van der Waals surface area contributed by atoms with Crippen LogP contribution >= 0.6 is 11.3 Å². The van der Waals surface area contributed by atoms with Gasteiger partial charge in [-0.05, 0) is 36.8 Å². The Morgan fingerprint density at radius 1 is 1.19 bits per heavy atom. The molecular formula is C24H23N3O4S. The van der Waals surface area contributed by atoms with E-state index in [1.54, 1.807) is 35.8 Å². The smallest absolute Gasteiger partial charge is 0.301 e. The van der Waals surface area contributed by atoms with Gasteiger partial charge in [-0.1, -0.05) is 24.3 Å². The zero-order chi connectivity index (χ0) is 22.8. The number of carbonyl (C=O) groups excluding carboxylic acids is 2. The van der Waals surface area contributed by atoms with Crippen LogP contribution in [-0.4, -0.2) is 42.5 Å². The summed E-state index contributed by atoms with van der Waals surface area (Å²) >= 11 is 1.26. The number of aliphatic hydroxyl groups excluding tert-OH is 1. The lowest BCUT2D eigenvalue weighted by Gasteiger charge is -2.23. The Kier molecular flexibility index (Phi) is 5.96. The van der Waals surface area contributed by atoms with Gasteiger partial charge in [0.15, 0.2) is 5.13 Å². The third kappa shape index (κ3) is 3.85. The molecule has 164 valence electrons. The van der Waals surface area contributed by atoms with Crippen LogP contribution < -0.4 is 14.5 Å². The van der Waals surface area contributed by atoms with Crippen molar-refractivity contribution in [2.45, 2.75) is 13.0 Å². The van der Waals surface area contributed by atoms with Crippen molar-refractivity contribution in [2.75, 3.05) is 30.5 Å². The van der Waals surface area contributed by atoms with Crippen molar-refractivity contribution in [2.24, 2.45) is 0 Å². The highest BCUT2D eigenvalue weighted by atomic mass is 32.1. The van der Waals surface area contributed by atoms with E-state index in [2.05, 4.69) is 4.98 Å². The fourth-order valence-corrected chi connectivity index (χ4v) is 4.36. The first-order valence-corrected chi connectivity index (χ1v) is 11.0. The number of Topliss-reactive ketones (excluding diaryl/α,β-unsaturated/α-hetero) is 1. The van der Waals surface area contributed by atoms with Gasteiger partial charge >= 0.3 is 5.91 Å². The molecule has 1 N–H and O–H groups in total. The molecule has 8 heteroatoms. The van der Waals surface area contributed by atoms with E-state index in [1.165, 1.54) is 16.2 Å². The summed E-state index contributed by atoms with van der Waals surface area (Å²) in [4.78, 5) is 33.7. The Morgan fingerprint density at radius 3 is 2.56 bits per heavy atom. The van der Waals surface area contributed by atoms with E-state index in [0.717, 1.165) is 5.69 Å². The molecule has 0 spiro atoms. The fourth-order valence-electron chi connectivity index (χ4n) is 3.69. The molecule has 2 heterocycles. The average Bonchev–Trinajstić information content (AvgIpc) is 3.41. The molecule has 7 nitrogen and oxygen atoms in total. The number of nitrogens with zero attached hydrogens (tertiary/aromatic N) is 3. The Labute approximate surface area is 190 Å². The molecular weight excluding hydrogens is 426 g/mol. The standard InChI is InChI=1S/C24H23N3O4S/c1-4-31-18-7-5-6-16(14-18)21(28)19-20(15-8-10-17(11-9-15)26(2)3)27(23(30)22(19)29)24-25-12-13-32-24/h5-14,20,28H,4H2,1-3H3. The van der Waals surface area contributed by atoms with Crippen molar-refractivity contribution in [1.29, 1.82) is 0 Å². The SMILES string of the molecule is CCOc1cccc(C(O)=C2C(=O)C(=O)N(c3nccs3)C2c2ccc(N(C)C)cc2)c1. The number of anilines is 2. The van der Waals surface area contributed by atoms with Crippen LogP contribution in [0.25, 0.3) is 5.76 Å². The number of aromatic nitrogens is 1. The summed E-state index contributed by atoms with van der Waals surface area (Å²) < 4.78 is 5.53. The van der Waals surface area contributed by atoms with Crippen molar-refractivity contribution in [1.82, 2.24) is 4.98 Å². The highest BCUT2D eigenvalue weighted by molar-refractivity contribution is 7.14. The summed E-state index contributed by atoms with van der Waals surface area (Å²) in [5.41, 5.74) is 2.11. The zero-order valence-corrected chi connectivity index (χ0v) is 18.8. The summed E-state index contributed by atoms with van der Waals surface area (Å²) in [6, 6.07) is 13.6. The summed E-state index contributed by atoms with van der Waals surface area (Å²) in [5.74, 6) is -1.14. The Hall–Kier alpha value is -3.65. The van der Waals surface area contributed by atoms with Gasteiger partial charge in [0.05, 0.1) is 18.2 Å². The minimum absolute atomic E-state index is 0.0245. The van der Waals surface area contributed by atoms with Crippen molar-refractivity contribution >= 4 is 39.6 Å². The van der Waals surface area contributed by atoms with Gasteiger partial charge in [-0.3, -0.25) is 14.5 Å². The van der Waals surface area contributed by atoms with Crippen LogP contribution in [0.1, 0.15) is 24.1 Å². The molecule has 2 aromatic carbocycles. The van der Waals surface area contributed by atoms with Gasteiger partial charge in [-0.2, -0.15) is 0 Å². The molecule has 1 aromatic heterocycles. The maximum absolute atomic E-state index is 13.1. The third-order valence-corrected chi connectivity index (χ3v) is 5.98. The van der Waals surface area contributed by atoms with Gasteiger partial charge < -0.3 is 14.7 Å². The number of hydrogen-bond donors (Lipinski definition) is 1. The normalized spacial score (nSPS) is 17.6. The molecule has 0 aliphatic carbocycles.